The number of hydrogen-bond acceptors (Lipinski definition) is 2. The zero-order valence-corrected chi connectivity index (χ0v) is 9.98. The molecule has 1 heterocycles. The van der Waals surface area contributed by atoms with Gasteiger partial charge >= 0.3 is 18.0 Å². The summed E-state index contributed by atoms with van der Waals surface area (Å²) in [4.78, 5) is 0. The number of thiophene rings is 1. The monoisotopic (exact) mass is 317 g/mol. The Hall–Kier alpha value is -0.540. The molecule has 0 aliphatic carbocycles. The number of halogens is 8. The van der Waals surface area contributed by atoms with E-state index in [0.717, 1.165) is 22.8 Å². The molecule has 0 aliphatic rings. The fourth-order valence-corrected chi connectivity index (χ4v) is 1.74. The molecule has 0 saturated heterocycles. The lowest BCUT2D eigenvalue weighted by atomic mass is 9.98. The van der Waals surface area contributed by atoms with E-state index < -0.39 is 29.6 Å². The summed E-state index contributed by atoms with van der Waals surface area (Å²) in [5.41, 5.74) is 4.31. The van der Waals surface area contributed by atoms with Crippen LogP contribution in [0.2, 0.25) is 0 Å². The van der Waals surface area contributed by atoms with Crippen LogP contribution in [-0.4, -0.2) is 18.0 Å². The lowest BCUT2D eigenvalue weighted by Crippen LogP contribution is -2.56. The van der Waals surface area contributed by atoms with Gasteiger partial charge in [-0.3, -0.25) is 0 Å². The standard InChI is InChI=1S/C8H6F7NS.ClH/c9-6(10,7(11,12)8(13,14)15)5(16)4-1-2-17-3-4;/h1-3,5H,16H2;1H/t5-;/m1./s1. The lowest BCUT2D eigenvalue weighted by molar-refractivity contribution is -0.359. The normalized spacial score (nSPS) is 15.1. The molecule has 0 unspecified atom stereocenters. The third kappa shape index (κ3) is 2.72. The number of alkyl halides is 7. The molecule has 10 heteroatoms. The Balaban J connectivity index is 0.00000289. The fourth-order valence-electron chi connectivity index (χ4n) is 1.05. The summed E-state index contributed by atoms with van der Waals surface area (Å²) in [5, 5.41) is 2.24. The van der Waals surface area contributed by atoms with Gasteiger partial charge in [0.15, 0.2) is 0 Å². The van der Waals surface area contributed by atoms with Crippen molar-refractivity contribution in [3.05, 3.63) is 22.4 Å². The van der Waals surface area contributed by atoms with Crippen LogP contribution in [0.4, 0.5) is 30.7 Å². The second-order valence-corrected chi connectivity index (χ2v) is 4.01. The quantitative estimate of drug-likeness (QED) is 0.838. The molecule has 1 atom stereocenters. The molecule has 0 aromatic carbocycles. The van der Waals surface area contributed by atoms with Gasteiger partial charge in [-0.05, 0) is 22.4 Å². The molecule has 1 aromatic rings. The molecular weight excluding hydrogens is 311 g/mol. The summed E-state index contributed by atoms with van der Waals surface area (Å²) >= 11 is 0.863. The van der Waals surface area contributed by atoms with E-state index in [-0.39, 0.29) is 12.4 Å². The summed E-state index contributed by atoms with van der Waals surface area (Å²) in [7, 11) is 0. The molecule has 1 nitrogen and oxygen atoms in total. The molecule has 1 rings (SSSR count). The van der Waals surface area contributed by atoms with Gasteiger partial charge < -0.3 is 5.73 Å². The van der Waals surface area contributed by atoms with Gasteiger partial charge in [0.2, 0.25) is 0 Å². The van der Waals surface area contributed by atoms with Crippen molar-refractivity contribution in [2.75, 3.05) is 0 Å². The van der Waals surface area contributed by atoms with E-state index in [2.05, 4.69) is 0 Å². The predicted molar refractivity (Wildman–Crippen MR) is 54.4 cm³/mol. The van der Waals surface area contributed by atoms with Gasteiger partial charge in [0.1, 0.15) is 6.04 Å². The molecule has 0 amide bonds. The Bertz CT molecular complexity index is 375. The largest absolute Gasteiger partial charge is 0.459 e. The highest BCUT2D eigenvalue weighted by atomic mass is 35.5. The minimum absolute atomic E-state index is 0. The van der Waals surface area contributed by atoms with Crippen molar-refractivity contribution in [2.24, 2.45) is 5.73 Å². The van der Waals surface area contributed by atoms with Crippen molar-refractivity contribution >= 4 is 23.7 Å². The van der Waals surface area contributed by atoms with Crippen molar-refractivity contribution in [3.8, 4) is 0 Å². The molecule has 0 aliphatic heterocycles. The fraction of sp³-hybridized carbons (Fsp3) is 0.500. The minimum atomic E-state index is -6.36. The molecule has 1 aromatic heterocycles. The van der Waals surface area contributed by atoms with E-state index in [1.165, 1.54) is 5.38 Å². The third-order valence-electron chi connectivity index (χ3n) is 2.07. The third-order valence-corrected chi connectivity index (χ3v) is 2.77. The summed E-state index contributed by atoms with van der Waals surface area (Å²) < 4.78 is 86.9. The zero-order valence-electron chi connectivity index (χ0n) is 8.35. The zero-order chi connectivity index (χ0) is 13.5. The average molecular weight is 318 g/mol. The van der Waals surface area contributed by atoms with Crippen LogP contribution in [0.1, 0.15) is 11.6 Å². The maximum atomic E-state index is 13.1. The summed E-state index contributed by atoms with van der Waals surface area (Å²) in [6.45, 7) is 0. The Kier molecular flexibility index (Phi) is 5.06. The van der Waals surface area contributed by atoms with E-state index in [1.807, 2.05) is 0 Å². The van der Waals surface area contributed by atoms with Crippen LogP contribution in [0.3, 0.4) is 0 Å². The van der Waals surface area contributed by atoms with E-state index in [9.17, 15) is 30.7 Å². The first-order valence-corrected chi connectivity index (χ1v) is 5.06. The van der Waals surface area contributed by atoms with E-state index >= 15 is 0 Å². The summed E-state index contributed by atoms with van der Waals surface area (Å²) in [6.07, 6.45) is -6.36. The molecule has 0 radical (unpaired) electrons. The minimum Gasteiger partial charge on any atom is -0.319 e. The molecule has 2 N–H and O–H groups in total. The first-order chi connectivity index (χ1) is 7.52. The van der Waals surface area contributed by atoms with Crippen LogP contribution >= 0.6 is 23.7 Å². The highest BCUT2D eigenvalue weighted by Crippen LogP contribution is 2.51. The molecule has 0 fully saturated rings. The first-order valence-electron chi connectivity index (χ1n) is 4.12. The van der Waals surface area contributed by atoms with Crippen LogP contribution in [0.15, 0.2) is 16.8 Å². The molecule has 0 bridgehead atoms. The van der Waals surface area contributed by atoms with Gasteiger partial charge in [0.25, 0.3) is 0 Å². The summed E-state index contributed by atoms with van der Waals surface area (Å²) in [5.74, 6) is -11.6. The van der Waals surface area contributed by atoms with Crippen LogP contribution in [0.5, 0.6) is 0 Å². The Morgan fingerprint density at radius 2 is 1.56 bits per heavy atom. The van der Waals surface area contributed by atoms with Gasteiger partial charge in [-0.25, -0.2) is 0 Å². The van der Waals surface area contributed by atoms with Gasteiger partial charge in [-0.2, -0.15) is 42.1 Å². The predicted octanol–water partition coefficient (Wildman–Crippen LogP) is 4.00. The molecule has 0 spiro atoms. The molecule has 18 heavy (non-hydrogen) atoms. The average Bonchev–Trinajstić information content (AvgIpc) is 2.66. The maximum absolute atomic E-state index is 13.1. The van der Waals surface area contributed by atoms with Crippen LogP contribution < -0.4 is 5.73 Å². The maximum Gasteiger partial charge on any atom is 0.459 e. The van der Waals surface area contributed by atoms with E-state index in [4.69, 9.17) is 5.73 Å². The molecule has 0 saturated carbocycles. The van der Waals surface area contributed by atoms with Gasteiger partial charge in [-0.1, -0.05) is 0 Å². The number of nitrogens with two attached hydrogens (primary N) is 1. The lowest BCUT2D eigenvalue weighted by Gasteiger charge is -2.31. The van der Waals surface area contributed by atoms with Crippen molar-refractivity contribution in [2.45, 2.75) is 24.1 Å². The van der Waals surface area contributed by atoms with Crippen molar-refractivity contribution < 1.29 is 30.7 Å². The highest BCUT2D eigenvalue weighted by Gasteiger charge is 2.74. The molecule has 106 valence electrons. The number of rotatable bonds is 3. The Morgan fingerprint density at radius 1 is 1.06 bits per heavy atom. The second kappa shape index (κ2) is 5.22. The topological polar surface area (TPSA) is 26.0 Å². The van der Waals surface area contributed by atoms with E-state index in [0.29, 0.717) is 0 Å². The number of hydrogen-bond donors (Lipinski definition) is 1. The van der Waals surface area contributed by atoms with Crippen molar-refractivity contribution in [1.29, 1.82) is 0 Å². The van der Waals surface area contributed by atoms with Gasteiger partial charge in [-0.15, -0.1) is 12.4 Å². The van der Waals surface area contributed by atoms with Crippen LogP contribution in [0, 0.1) is 0 Å². The smallest absolute Gasteiger partial charge is 0.319 e. The Labute approximate surface area is 107 Å². The second-order valence-electron chi connectivity index (χ2n) is 3.23. The SMILES string of the molecule is Cl.N[C@H](c1ccsc1)C(F)(F)C(F)(F)C(F)(F)F. The van der Waals surface area contributed by atoms with Gasteiger partial charge in [0.05, 0.1) is 0 Å². The molecular formula is C8H7ClF7NS. The van der Waals surface area contributed by atoms with Crippen molar-refractivity contribution in [1.82, 2.24) is 0 Å². The van der Waals surface area contributed by atoms with Crippen molar-refractivity contribution in [3.63, 3.8) is 0 Å². The van der Waals surface area contributed by atoms with Crippen LogP contribution in [-0.2, 0) is 0 Å². The Morgan fingerprint density at radius 3 is 1.89 bits per heavy atom. The highest BCUT2D eigenvalue weighted by molar-refractivity contribution is 7.07. The first kappa shape index (κ1) is 17.5. The van der Waals surface area contributed by atoms with Gasteiger partial charge in [0, 0.05) is 0 Å². The summed E-state index contributed by atoms with van der Waals surface area (Å²) in [6, 6.07) is -1.75. The van der Waals surface area contributed by atoms with Crippen LogP contribution in [0.25, 0.3) is 0 Å². The van der Waals surface area contributed by atoms with E-state index in [1.54, 1.807) is 0 Å².